The van der Waals surface area contributed by atoms with Gasteiger partial charge in [-0.25, -0.2) is 0 Å². The molecule has 1 aromatic carbocycles. The van der Waals surface area contributed by atoms with E-state index in [1.165, 1.54) is 0 Å². The highest BCUT2D eigenvalue weighted by Crippen LogP contribution is 2.20. The van der Waals surface area contributed by atoms with E-state index in [4.69, 9.17) is 10.00 Å². The maximum atomic E-state index is 12.3. The Hall–Kier alpha value is -2.26. The number of aryl methyl sites for hydroxylation is 1. The second kappa shape index (κ2) is 6.95. The smallest absolute Gasteiger partial charge is 0.272 e. The van der Waals surface area contributed by atoms with Gasteiger partial charge in [-0.3, -0.25) is 4.79 Å². The van der Waals surface area contributed by atoms with E-state index < -0.39 is 0 Å². The van der Waals surface area contributed by atoms with E-state index in [1.54, 1.807) is 30.3 Å². The summed E-state index contributed by atoms with van der Waals surface area (Å²) in [6.45, 7) is 2.66. The molecule has 0 atom stereocenters. The molecule has 0 saturated heterocycles. The summed E-state index contributed by atoms with van der Waals surface area (Å²) in [4.78, 5) is 12.3. The second-order valence-electron chi connectivity index (χ2n) is 4.26. The van der Waals surface area contributed by atoms with Gasteiger partial charge in [-0.2, -0.15) is 5.26 Å². The van der Waals surface area contributed by atoms with Crippen LogP contribution in [0, 0.1) is 11.3 Å². The Morgan fingerprint density at radius 3 is 3.00 bits per heavy atom. The van der Waals surface area contributed by atoms with Gasteiger partial charge in [0.25, 0.3) is 5.91 Å². The van der Waals surface area contributed by atoms with Crippen LogP contribution in [0.1, 0.15) is 17.4 Å². The minimum absolute atomic E-state index is 0.0248. The highest BCUT2D eigenvalue weighted by Gasteiger charge is 2.12. The van der Waals surface area contributed by atoms with Gasteiger partial charge in [0.1, 0.15) is 17.5 Å². The number of benzene rings is 1. The molecule has 21 heavy (non-hydrogen) atoms. The molecule has 0 saturated carbocycles. The van der Waals surface area contributed by atoms with Crippen molar-refractivity contribution in [3.05, 3.63) is 46.7 Å². The van der Waals surface area contributed by atoms with E-state index in [0.717, 1.165) is 4.47 Å². The summed E-state index contributed by atoms with van der Waals surface area (Å²) in [5.74, 6) is 0.349. The lowest BCUT2D eigenvalue weighted by Gasteiger charge is -2.09. The van der Waals surface area contributed by atoms with Crippen LogP contribution < -0.4 is 10.1 Å². The van der Waals surface area contributed by atoms with Crippen LogP contribution in [0.3, 0.4) is 0 Å². The summed E-state index contributed by atoms with van der Waals surface area (Å²) in [6, 6.07) is 10.6. The van der Waals surface area contributed by atoms with Crippen LogP contribution in [0.5, 0.6) is 5.75 Å². The van der Waals surface area contributed by atoms with Crippen LogP contribution in [-0.4, -0.2) is 17.1 Å². The molecule has 5 nitrogen and oxygen atoms in total. The minimum atomic E-state index is -0.194. The molecule has 0 fully saturated rings. The van der Waals surface area contributed by atoms with Crippen LogP contribution in [0.4, 0.5) is 5.69 Å². The zero-order chi connectivity index (χ0) is 15.2. The zero-order valence-corrected chi connectivity index (χ0v) is 13.1. The van der Waals surface area contributed by atoms with Crippen LogP contribution in [0.25, 0.3) is 0 Å². The Balaban J connectivity index is 2.14. The lowest BCUT2D eigenvalue weighted by atomic mass is 10.3. The standard InChI is InChI=1S/C15H14BrN3O2/c1-2-19-10-11(16)8-14(19)15(20)18-12-4-3-5-13(9-12)21-7-6-17/h3-5,8-10H,2,7H2,1H3,(H,18,20). The minimum Gasteiger partial charge on any atom is -0.479 e. The molecule has 1 N–H and O–H groups in total. The fourth-order valence-electron chi connectivity index (χ4n) is 1.90. The van der Waals surface area contributed by atoms with Gasteiger partial charge in [0.2, 0.25) is 0 Å². The van der Waals surface area contributed by atoms with E-state index in [1.807, 2.05) is 23.8 Å². The van der Waals surface area contributed by atoms with E-state index in [0.29, 0.717) is 23.7 Å². The number of halogens is 1. The third-order valence-electron chi connectivity index (χ3n) is 2.83. The maximum absolute atomic E-state index is 12.3. The van der Waals surface area contributed by atoms with Gasteiger partial charge < -0.3 is 14.6 Å². The molecule has 0 aliphatic carbocycles. The summed E-state index contributed by atoms with van der Waals surface area (Å²) in [5, 5.41) is 11.3. The first kappa shape index (κ1) is 15.1. The van der Waals surface area contributed by atoms with Crippen molar-refractivity contribution in [1.29, 1.82) is 5.26 Å². The average Bonchev–Trinajstić information content (AvgIpc) is 2.87. The molecular formula is C15H14BrN3O2. The van der Waals surface area contributed by atoms with Gasteiger partial charge in [0, 0.05) is 29.0 Å². The number of carbonyl (C=O) groups is 1. The molecule has 0 aliphatic heterocycles. The van der Waals surface area contributed by atoms with E-state index in [9.17, 15) is 4.79 Å². The highest BCUT2D eigenvalue weighted by molar-refractivity contribution is 9.10. The van der Waals surface area contributed by atoms with Crippen molar-refractivity contribution in [3.8, 4) is 11.8 Å². The lowest BCUT2D eigenvalue weighted by molar-refractivity contribution is 0.101. The van der Waals surface area contributed by atoms with Crippen LogP contribution >= 0.6 is 15.9 Å². The molecule has 2 rings (SSSR count). The number of rotatable bonds is 5. The Bertz CT molecular complexity index is 688. The average molecular weight is 348 g/mol. The number of hydrogen-bond acceptors (Lipinski definition) is 3. The topological polar surface area (TPSA) is 67.1 Å². The van der Waals surface area contributed by atoms with Gasteiger partial charge in [-0.15, -0.1) is 0 Å². The Morgan fingerprint density at radius 1 is 1.48 bits per heavy atom. The Labute approximate surface area is 131 Å². The number of amides is 1. The van der Waals surface area contributed by atoms with Crippen LogP contribution in [0.15, 0.2) is 41.0 Å². The van der Waals surface area contributed by atoms with Crippen molar-refractivity contribution >= 4 is 27.5 Å². The monoisotopic (exact) mass is 347 g/mol. The van der Waals surface area contributed by atoms with Gasteiger partial charge in [-0.1, -0.05) is 6.07 Å². The predicted octanol–water partition coefficient (Wildman–Crippen LogP) is 3.43. The lowest BCUT2D eigenvalue weighted by Crippen LogP contribution is -2.16. The zero-order valence-electron chi connectivity index (χ0n) is 11.5. The van der Waals surface area contributed by atoms with Crippen LogP contribution in [-0.2, 0) is 6.54 Å². The number of nitrogens with one attached hydrogen (secondary N) is 1. The summed E-state index contributed by atoms with van der Waals surface area (Å²) in [6.07, 6.45) is 1.86. The first-order chi connectivity index (χ1) is 10.1. The van der Waals surface area contributed by atoms with Gasteiger partial charge in [0.05, 0.1) is 0 Å². The van der Waals surface area contributed by atoms with Gasteiger partial charge in [0.15, 0.2) is 6.61 Å². The molecule has 0 unspecified atom stereocenters. The van der Waals surface area contributed by atoms with E-state index >= 15 is 0 Å². The maximum Gasteiger partial charge on any atom is 0.272 e. The molecule has 2 aromatic rings. The van der Waals surface area contributed by atoms with Crippen molar-refractivity contribution in [2.75, 3.05) is 11.9 Å². The predicted molar refractivity (Wildman–Crippen MR) is 83.3 cm³/mol. The molecule has 1 heterocycles. The van der Waals surface area contributed by atoms with E-state index in [-0.39, 0.29) is 12.5 Å². The summed E-state index contributed by atoms with van der Waals surface area (Å²) < 4.78 is 7.93. The number of anilines is 1. The number of ether oxygens (including phenoxy) is 1. The highest BCUT2D eigenvalue weighted by atomic mass is 79.9. The summed E-state index contributed by atoms with van der Waals surface area (Å²) in [7, 11) is 0. The molecule has 108 valence electrons. The van der Waals surface area contributed by atoms with Crippen molar-refractivity contribution < 1.29 is 9.53 Å². The number of aromatic nitrogens is 1. The first-order valence-electron chi connectivity index (χ1n) is 6.41. The van der Waals surface area contributed by atoms with Gasteiger partial charge in [-0.05, 0) is 41.1 Å². The third-order valence-corrected chi connectivity index (χ3v) is 3.27. The number of nitrogens with zero attached hydrogens (tertiary/aromatic N) is 2. The van der Waals surface area contributed by atoms with Crippen molar-refractivity contribution in [2.45, 2.75) is 13.5 Å². The molecule has 0 aliphatic rings. The molecule has 0 radical (unpaired) electrons. The fourth-order valence-corrected chi connectivity index (χ4v) is 2.37. The number of nitriles is 1. The molecular weight excluding hydrogens is 334 g/mol. The number of carbonyl (C=O) groups excluding carboxylic acids is 1. The molecule has 1 aromatic heterocycles. The Morgan fingerprint density at radius 2 is 2.29 bits per heavy atom. The third kappa shape index (κ3) is 3.86. The largest absolute Gasteiger partial charge is 0.479 e. The van der Waals surface area contributed by atoms with Crippen molar-refractivity contribution in [2.24, 2.45) is 0 Å². The van der Waals surface area contributed by atoms with Gasteiger partial charge >= 0.3 is 0 Å². The molecule has 0 bridgehead atoms. The van der Waals surface area contributed by atoms with E-state index in [2.05, 4.69) is 21.2 Å². The SMILES string of the molecule is CCn1cc(Br)cc1C(=O)Nc1cccc(OCC#N)c1. The second-order valence-corrected chi connectivity index (χ2v) is 5.17. The van der Waals surface area contributed by atoms with Crippen molar-refractivity contribution in [1.82, 2.24) is 4.57 Å². The van der Waals surface area contributed by atoms with Crippen LogP contribution in [0.2, 0.25) is 0 Å². The normalized spacial score (nSPS) is 9.95. The van der Waals surface area contributed by atoms with Crippen molar-refractivity contribution in [3.63, 3.8) is 0 Å². The molecule has 1 amide bonds. The summed E-state index contributed by atoms with van der Waals surface area (Å²) in [5.41, 5.74) is 1.20. The summed E-state index contributed by atoms with van der Waals surface area (Å²) >= 11 is 3.37. The number of hydrogen-bond donors (Lipinski definition) is 1. The molecule has 6 heteroatoms. The Kier molecular flexibility index (Phi) is 5.01. The first-order valence-corrected chi connectivity index (χ1v) is 7.20. The quantitative estimate of drug-likeness (QED) is 0.900. The fraction of sp³-hybridized carbons (Fsp3) is 0.200. The molecule has 0 spiro atoms.